The highest BCUT2D eigenvalue weighted by molar-refractivity contribution is 6.03. The van der Waals surface area contributed by atoms with Gasteiger partial charge in [0.2, 0.25) is 0 Å². The molecule has 0 saturated heterocycles. The van der Waals surface area contributed by atoms with Crippen LogP contribution in [0, 0.1) is 0 Å². The highest BCUT2D eigenvalue weighted by Crippen LogP contribution is 2.27. The van der Waals surface area contributed by atoms with Crippen molar-refractivity contribution in [3.05, 3.63) is 131 Å². The van der Waals surface area contributed by atoms with Gasteiger partial charge in [0.25, 0.3) is 5.91 Å². The quantitative estimate of drug-likeness (QED) is 0.281. The number of carbonyl (C=O) groups excluding carboxylic acids is 1. The molecule has 1 amide bonds. The first-order valence-corrected chi connectivity index (χ1v) is 12.2. The summed E-state index contributed by atoms with van der Waals surface area (Å²) in [7, 11) is 0. The molecule has 0 aliphatic heterocycles. The number of hydrogen-bond acceptors (Lipinski definition) is 4. The highest BCUT2D eigenvalue weighted by Gasteiger charge is 2.18. The molecule has 0 saturated carbocycles. The van der Waals surface area contributed by atoms with E-state index in [-0.39, 0.29) is 18.0 Å². The molecule has 38 heavy (non-hydrogen) atoms. The van der Waals surface area contributed by atoms with E-state index >= 15 is 0 Å². The molecule has 0 fully saturated rings. The number of nitrogens with one attached hydrogen (secondary N) is 1. The van der Waals surface area contributed by atoms with Gasteiger partial charge in [0.15, 0.2) is 0 Å². The number of nitrogens with zero attached hydrogens (tertiary/aromatic N) is 2. The van der Waals surface area contributed by atoms with Gasteiger partial charge in [-0.15, -0.1) is 0 Å². The molecule has 3 aromatic carbocycles. The third-order valence-electron chi connectivity index (χ3n) is 6.67. The lowest BCUT2D eigenvalue weighted by Crippen LogP contribution is -2.23. The molecule has 3 heterocycles. The molecule has 0 atom stereocenters. The average molecular weight is 502 g/mol. The first kappa shape index (κ1) is 23.2. The van der Waals surface area contributed by atoms with Crippen LogP contribution in [0.1, 0.15) is 37.4 Å². The van der Waals surface area contributed by atoms with Crippen LogP contribution in [0.5, 0.6) is 0 Å². The number of carbonyl (C=O) groups is 2. The standard InChI is InChI=1S/C31H23N3O4/c35-30(32-18-20-5-9-23(10-6-20)31(36)37)27-17-26(28-12-14-38-33-28)19-34-13-11-25(29(27)34)16-21-7-8-22-3-1-2-4-24(22)15-21/h1-15,17,19H,16,18H2,(H,32,35)(H,36,37). The molecule has 2 N–H and O–H groups in total. The fourth-order valence-corrected chi connectivity index (χ4v) is 4.75. The number of amides is 1. The Bertz CT molecular complexity index is 1780. The lowest BCUT2D eigenvalue weighted by Gasteiger charge is -2.12. The highest BCUT2D eigenvalue weighted by atomic mass is 16.5. The van der Waals surface area contributed by atoms with Crippen LogP contribution in [0.15, 0.2) is 108 Å². The zero-order valence-electron chi connectivity index (χ0n) is 20.3. The van der Waals surface area contributed by atoms with Crippen LogP contribution in [-0.2, 0) is 13.0 Å². The van der Waals surface area contributed by atoms with Crippen LogP contribution in [0.3, 0.4) is 0 Å². The molecular weight excluding hydrogens is 478 g/mol. The molecular formula is C31H23N3O4. The predicted molar refractivity (Wildman–Crippen MR) is 144 cm³/mol. The Morgan fingerprint density at radius 2 is 1.68 bits per heavy atom. The van der Waals surface area contributed by atoms with Crippen molar-refractivity contribution in [2.75, 3.05) is 0 Å². The lowest BCUT2D eigenvalue weighted by molar-refractivity contribution is 0.0696. The van der Waals surface area contributed by atoms with Gasteiger partial charge in [-0.3, -0.25) is 4.79 Å². The third kappa shape index (κ3) is 4.53. The number of pyridine rings is 1. The van der Waals surface area contributed by atoms with E-state index in [4.69, 9.17) is 9.63 Å². The topological polar surface area (TPSA) is 96.8 Å². The van der Waals surface area contributed by atoms with E-state index in [1.54, 1.807) is 18.2 Å². The number of carboxylic acid groups (broad SMARTS) is 1. The summed E-state index contributed by atoms with van der Waals surface area (Å²) >= 11 is 0. The fourth-order valence-electron chi connectivity index (χ4n) is 4.75. The molecule has 6 aromatic rings. The van der Waals surface area contributed by atoms with Gasteiger partial charge in [0, 0.05) is 30.6 Å². The molecule has 6 rings (SSSR count). The largest absolute Gasteiger partial charge is 0.478 e. The van der Waals surface area contributed by atoms with Gasteiger partial charge >= 0.3 is 5.97 Å². The van der Waals surface area contributed by atoms with E-state index < -0.39 is 5.97 Å². The molecule has 0 aliphatic carbocycles. The number of fused-ring (bicyclic) bond motifs is 2. The lowest BCUT2D eigenvalue weighted by atomic mass is 10.00. The maximum Gasteiger partial charge on any atom is 0.335 e. The minimum atomic E-state index is -0.986. The smallest absolute Gasteiger partial charge is 0.335 e. The third-order valence-corrected chi connectivity index (χ3v) is 6.67. The van der Waals surface area contributed by atoms with Crippen molar-refractivity contribution < 1.29 is 19.2 Å². The maximum absolute atomic E-state index is 13.5. The van der Waals surface area contributed by atoms with Crippen molar-refractivity contribution >= 4 is 28.2 Å². The van der Waals surface area contributed by atoms with E-state index in [0.29, 0.717) is 17.7 Å². The van der Waals surface area contributed by atoms with Crippen LogP contribution in [0.2, 0.25) is 0 Å². The number of carboxylic acids is 1. The summed E-state index contributed by atoms with van der Waals surface area (Å²) in [5, 5.41) is 18.5. The van der Waals surface area contributed by atoms with Crippen molar-refractivity contribution in [2.45, 2.75) is 13.0 Å². The Kier molecular flexibility index (Phi) is 5.94. The first-order chi connectivity index (χ1) is 18.5. The Balaban J connectivity index is 1.35. The van der Waals surface area contributed by atoms with Crippen molar-refractivity contribution in [1.82, 2.24) is 14.9 Å². The SMILES string of the molecule is O=C(O)c1ccc(CNC(=O)c2cc(-c3ccon3)cn3ccc(Cc4ccc5ccccc5c4)c23)cc1. The van der Waals surface area contributed by atoms with Crippen LogP contribution >= 0.6 is 0 Å². The summed E-state index contributed by atoms with van der Waals surface area (Å²) in [5.74, 6) is -1.22. The molecule has 7 nitrogen and oxygen atoms in total. The van der Waals surface area contributed by atoms with E-state index in [2.05, 4.69) is 40.8 Å². The molecule has 0 spiro atoms. The van der Waals surface area contributed by atoms with Gasteiger partial charge in [-0.2, -0.15) is 0 Å². The Labute approximate surface area is 217 Å². The van der Waals surface area contributed by atoms with Crippen molar-refractivity contribution in [2.24, 2.45) is 0 Å². The Morgan fingerprint density at radius 1 is 0.895 bits per heavy atom. The number of hydrogen-bond donors (Lipinski definition) is 2. The summed E-state index contributed by atoms with van der Waals surface area (Å²) < 4.78 is 6.99. The number of benzene rings is 3. The summed E-state index contributed by atoms with van der Waals surface area (Å²) in [6, 6.07) is 26.8. The van der Waals surface area contributed by atoms with E-state index in [1.807, 2.05) is 41.1 Å². The van der Waals surface area contributed by atoms with E-state index in [0.717, 1.165) is 27.8 Å². The van der Waals surface area contributed by atoms with Crippen molar-refractivity contribution in [3.8, 4) is 11.3 Å². The second kappa shape index (κ2) is 9.71. The van der Waals surface area contributed by atoms with Gasteiger partial charge < -0.3 is 19.3 Å². The zero-order valence-corrected chi connectivity index (χ0v) is 20.3. The van der Waals surface area contributed by atoms with Crippen LogP contribution in [-0.4, -0.2) is 26.5 Å². The van der Waals surface area contributed by atoms with Crippen molar-refractivity contribution in [1.29, 1.82) is 0 Å². The minimum absolute atomic E-state index is 0.202. The van der Waals surface area contributed by atoms with Gasteiger partial charge in [-0.05, 0) is 58.1 Å². The molecule has 0 radical (unpaired) electrons. The average Bonchev–Trinajstić information content (AvgIpc) is 3.62. The summed E-state index contributed by atoms with van der Waals surface area (Å²) in [6.07, 6.45) is 6.07. The van der Waals surface area contributed by atoms with Gasteiger partial charge in [-0.1, -0.05) is 59.8 Å². The zero-order chi connectivity index (χ0) is 26.1. The summed E-state index contributed by atoms with van der Waals surface area (Å²) in [6.45, 7) is 0.264. The summed E-state index contributed by atoms with van der Waals surface area (Å²) in [5.41, 5.74) is 5.93. The van der Waals surface area contributed by atoms with E-state index in [1.165, 1.54) is 29.2 Å². The van der Waals surface area contributed by atoms with Crippen molar-refractivity contribution in [3.63, 3.8) is 0 Å². The van der Waals surface area contributed by atoms with Gasteiger partial charge in [0.1, 0.15) is 12.0 Å². The minimum Gasteiger partial charge on any atom is -0.478 e. The van der Waals surface area contributed by atoms with Crippen LogP contribution in [0.25, 0.3) is 27.5 Å². The number of rotatable bonds is 7. The number of aromatic nitrogens is 2. The number of aromatic carboxylic acids is 1. The maximum atomic E-state index is 13.5. The molecule has 0 aliphatic rings. The monoisotopic (exact) mass is 501 g/mol. The van der Waals surface area contributed by atoms with Crippen LogP contribution < -0.4 is 5.32 Å². The van der Waals surface area contributed by atoms with Crippen LogP contribution in [0.4, 0.5) is 0 Å². The normalized spacial score (nSPS) is 11.2. The Morgan fingerprint density at radius 3 is 2.45 bits per heavy atom. The first-order valence-electron chi connectivity index (χ1n) is 12.2. The molecule has 3 aromatic heterocycles. The second-order valence-corrected chi connectivity index (χ2v) is 9.17. The summed E-state index contributed by atoms with van der Waals surface area (Å²) in [4.78, 5) is 24.7. The van der Waals surface area contributed by atoms with Gasteiger partial charge in [-0.25, -0.2) is 4.79 Å². The second-order valence-electron chi connectivity index (χ2n) is 9.17. The van der Waals surface area contributed by atoms with Gasteiger partial charge in [0.05, 0.1) is 16.6 Å². The fraction of sp³-hybridized carbons (Fsp3) is 0.0645. The predicted octanol–water partition coefficient (Wildman–Crippen LogP) is 5.97. The molecule has 0 unspecified atom stereocenters. The molecule has 0 bridgehead atoms. The van der Waals surface area contributed by atoms with E-state index in [9.17, 15) is 9.59 Å². The Hall–Kier alpha value is -5.17. The molecule has 7 heteroatoms. The molecule has 186 valence electrons.